The second-order valence-electron chi connectivity index (χ2n) is 4.79. The van der Waals surface area contributed by atoms with Gasteiger partial charge in [0.25, 0.3) is 5.91 Å². The Morgan fingerprint density at radius 1 is 1.32 bits per heavy atom. The number of hydrazone groups is 1. The third-order valence-electron chi connectivity index (χ3n) is 2.96. The largest absolute Gasteiger partial charge is 0.506 e. The quantitative estimate of drug-likeness (QED) is 0.521. The van der Waals surface area contributed by atoms with Crippen LogP contribution in [0, 0.1) is 0 Å². The molecule has 0 fully saturated rings. The van der Waals surface area contributed by atoms with E-state index in [9.17, 15) is 9.90 Å². The standard InChI is InChI=1S/C17H16BrClN2O4/c1-2-24-14-5-3-4-6-15(14)25-10-16(22)21-20-9-11-7-12(18)8-13(19)17(11)23/h3-9,23H,2,10H2,1H3,(H,21,22)/b20-9-. The first-order valence-electron chi connectivity index (χ1n) is 7.35. The molecule has 0 atom stereocenters. The molecule has 2 aromatic rings. The molecular weight excluding hydrogens is 412 g/mol. The fourth-order valence-corrected chi connectivity index (χ4v) is 2.71. The topological polar surface area (TPSA) is 80.2 Å². The van der Waals surface area contributed by atoms with E-state index in [1.165, 1.54) is 6.21 Å². The van der Waals surface area contributed by atoms with Crippen LogP contribution in [-0.2, 0) is 4.79 Å². The van der Waals surface area contributed by atoms with E-state index in [2.05, 4.69) is 26.5 Å². The van der Waals surface area contributed by atoms with Crippen LogP contribution in [0.5, 0.6) is 17.2 Å². The minimum atomic E-state index is -0.455. The number of rotatable bonds is 7. The lowest BCUT2D eigenvalue weighted by molar-refractivity contribution is -0.123. The van der Waals surface area contributed by atoms with Crippen LogP contribution in [0.3, 0.4) is 0 Å². The normalized spacial score (nSPS) is 10.7. The van der Waals surface area contributed by atoms with Crippen molar-refractivity contribution in [1.82, 2.24) is 5.43 Å². The number of nitrogens with zero attached hydrogens (tertiary/aromatic N) is 1. The second-order valence-corrected chi connectivity index (χ2v) is 6.11. The third kappa shape index (κ3) is 5.65. The van der Waals surface area contributed by atoms with E-state index in [0.717, 1.165) is 0 Å². The summed E-state index contributed by atoms with van der Waals surface area (Å²) in [5.74, 6) is 0.461. The molecule has 132 valence electrons. The number of aromatic hydroxyl groups is 1. The molecule has 0 aromatic heterocycles. The molecule has 8 heteroatoms. The number of amides is 1. The second kappa shape index (κ2) is 9.29. The fraction of sp³-hybridized carbons (Fsp3) is 0.176. The lowest BCUT2D eigenvalue weighted by Gasteiger charge is -2.10. The highest BCUT2D eigenvalue weighted by Gasteiger charge is 2.08. The first kappa shape index (κ1) is 19.1. The fourth-order valence-electron chi connectivity index (χ4n) is 1.88. The molecule has 0 bridgehead atoms. The van der Waals surface area contributed by atoms with E-state index in [-0.39, 0.29) is 17.4 Å². The molecular formula is C17H16BrClN2O4. The zero-order valence-corrected chi connectivity index (χ0v) is 15.7. The predicted molar refractivity (Wildman–Crippen MR) is 99.7 cm³/mol. The van der Waals surface area contributed by atoms with E-state index >= 15 is 0 Å². The number of hydrogen-bond donors (Lipinski definition) is 2. The number of phenolic OH excluding ortho intramolecular Hbond substituents is 1. The Labute approximate surface area is 158 Å². The van der Waals surface area contributed by atoms with Crippen LogP contribution in [0.1, 0.15) is 12.5 Å². The van der Waals surface area contributed by atoms with E-state index in [0.29, 0.717) is 28.1 Å². The van der Waals surface area contributed by atoms with Gasteiger partial charge in [-0.25, -0.2) is 5.43 Å². The lowest BCUT2D eigenvalue weighted by Crippen LogP contribution is -2.24. The Hall–Kier alpha value is -2.25. The average molecular weight is 428 g/mol. The third-order valence-corrected chi connectivity index (χ3v) is 3.70. The molecule has 0 radical (unpaired) electrons. The molecule has 0 spiro atoms. The number of hydrogen-bond acceptors (Lipinski definition) is 5. The molecule has 1 amide bonds. The molecule has 0 saturated carbocycles. The monoisotopic (exact) mass is 426 g/mol. The summed E-state index contributed by atoms with van der Waals surface area (Å²) in [5.41, 5.74) is 2.68. The van der Waals surface area contributed by atoms with Gasteiger partial charge in [-0.1, -0.05) is 39.7 Å². The zero-order chi connectivity index (χ0) is 18.2. The number of nitrogens with one attached hydrogen (secondary N) is 1. The molecule has 0 saturated heterocycles. The maximum atomic E-state index is 11.8. The van der Waals surface area contributed by atoms with Crippen molar-refractivity contribution >= 4 is 39.7 Å². The number of carbonyl (C=O) groups excluding carboxylic acids is 1. The average Bonchev–Trinajstić information content (AvgIpc) is 2.58. The number of halogens is 2. The summed E-state index contributed by atoms with van der Waals surface area (Å²) < 4.78 is 11.5. The van der Waals surface area contributed by atoms with Crippen molar-refractivity contribution < 1.29 is 19.4 Å². The number of para-hydroxylation sites is 2. The van der Waals surface area contributed by atoms with Gasteiger partial charge in [-0.05, 0) is 31.2 Å². The summed E-state index contributed by atoms with van der Waals surface area (Å²) in [7, 11) is 0. The maximum Gasteiger partial charge on any atom is 0.277 e. The van der Waals surface area contributed by atoms with Crippen LogP contribution in [0.25, 0.3) is 0 Å². The Balaban J connectivity index is 1.91. The van der Waals surface area contributed by atoms with Crippen LogP contribution >= 0.6 is 27.5 Å². The molecule has 0 aliphatic carbocycles. The van der Waals surface area contributed by atoms with Crippen LogP contribution < -0.4 is 14.9 Å². The smallest absolute Gasteiger partial charge is 0.277 e. The summed E-state index contributed by atoms with van der Waals surface area (Å²) >= 11 is 9.12. The predicted octanol–water partition coefficient (Wildman–Crippen LogP) is 3.74. The van der Waals surface area contributed by atoms with Gasteiger partial charge in [0.15, 0.2) is 18.1 Å². The lowest BCUT2D eigenvalue weighted by atomic mass is 10.2. The molecule has 6 nitrogen and oxygen atoms in total. The first-order valence-corrected chi connectivity index (χ1v) is 8.53. The van der Waals surface area contributed by atoms with Gasteiger partial charge in [0.1, 0.15) is 5.75 Å². The van der Waals surface area contributed by atoms with Gasteiger partial charge in [0.05, 0.1) is 17.8 Å². The van der Waals surface area contributed by atoms with E-state index < -0.39 is 5.91 Å². The Morgan fingerprint density at radius 2 is 2.00 bits per heavy atom. The van der Waals surface area contributed by atoms with Crippen molar-refractivity contribution in [1.29, 1.82) is 0 Å². The van der Waals surface area contributed by atoms with E-state index in [1.54, 1.807) is 30.3 Å². The van der Waals surface area contributed by atoms with Gasteiger partial charge in [-0.15, -0.1) is 0 Å². The van der Waals surface area contributed by atoms with Crippen molar-refractivity contribution in [2.24, 2.45) is 5.10 Å². The van der Waals surface area contributed by atoms with Crippen LogP contribution in [0.4, 0.5) is 0 Å². The number of phenols is 1. The van der Waals surface area contributed by atoms with Gasteiger partial charge in [0.2, 0.25) is 0 Å². The van der Waals surface area contributed by atoms with Crippen molar-refractivity contribution in [3.8, 4) is 17.2 Å². The highest BCUT2D eigenvalue weighted by Crippen LogP contribution is 2.30. The molecule has 0 aliphatic rings. The van der Waals surface area contributed by atoms with Crippen molar-refractivity contribution in [2.75, 3.05) is 13.2 Å². The van der Waals surface area contributed by atoms with Crippen molar-refractivity contribution in [3.63, 3.8) is 0 Å². The van der Waals surface area contributed by atoms with Gasteiger partial charge in [-0.3, -0.25) is 4.79 Å². The molecule has 0 aliphatic heterocycles. The maximum absolute atomic E-state index is 11.8. The van der Waals surface area contributed by atoms with Crippen molar-refractivity contribution in [2.45, 2.75) is 6.92 Å². The summed E-state index contributed by atoms with van der Waals surface area (Å²) in [6.07, 6.45) is 1.29. The van der Waals surface area contributed by atoms with Crippen LogP contribution in [0.2, 0.25) is 5.02 Å². The molecule has 0 unspecified atom stereocenters. The Morgan fingerprint density at radius 3 is 2.68 bits per heavy atom. The number of carbonyl (C=O) groups is 1. The van der Waals surface area contributed by atoms with E-state index in [4.69, 9.17) is 21.1 Å². The molecule has 0 heterocycles. The summed E-state index contributed by atoms with van der Waals surface area (Å²) in [4.78, 5) is 11.8. The van der Waals surface area contributed by atoms with Crippen LogP contribution in [-0.4, -0.2) is 30.4 Å². The van der Waals surface area contributed by atoms with Gasteiger partial charge < -0.3 is 14.6 Å². The SMILES string of the molecule is CCOc1ccccc1OCC(=O)N/N=C\c1cc(Br)cc(Cl)c1O. The first-order chi connectivity index (χ1) is 12.0. The van der Waals surface area contributed by atoms with E-state index in [1.807, 2.05) is 13.0 Å². The highest BCUT2D eigenvalue weighted by atomic mass is 79.9. The summed E-state index contributed by atoms with van der Waals surface area (Å²) in [6.45, 7) is 2.13. The summed E-state index contributed by atoms with van der Waals surface area (Å²) in [6, 6.07) is 10.2. The minimum Gasteiger partial charge on any atom is -0.506 e. The zero-order valence-electron chi connectivity index (χ0n) is 13.3. The van der Waals surface area contributed by atoms with Gasteiger partial charge in [0, 0.05) is 10.0 Å². The highest BCUT2D eigenvalue weighted by molar-refractivity contribution is 9.10. The minimum absolute atomic E-state index is 0.121. The molecule has 25 heavy (non-hydrogen) atoms. The number of ether oxygens (including phenoxy) is 2. The van der Waals surface area contributed by atoms with Gasteiger partial charge >= 0.3 is 0 Å². The summed E-state index contributed by atoms with van der Waals surface area (Å²) in [5, 5.41) is 13.8. The Bertz CT molecular complexity index is 783. The number of benzene rings is 2. The van der Waals surface area contributed by atoms with Crippen molar-refractivity contribution in [3.05, 3.63) is 51.5 Å². The molecule has 2 aromatic carbocycles. The molecule has 2 N–H and O–H groups in total. The Kier molecular flexibility index (Phi) is 7.09. The van der Waals surface area contributed by atoms with Gasteiger partial charge in [-0.2, -0.15) is 5.10 Å². The van der Waals surface area contributed by atoms with Crippen LogP contribution in [0.15, 0.2) is 46.0 Å². The molecule has 2 rings (SSSR count).